The van der Waals surface area contributed by atoms with Gasteiger partial charge in [-0.2, -0.15) is 0 Å². The van der Waals surface area contributed by atoms with E-state index < -0.39 is 0 Å². The summed E-state index contributed by atoms with van der Waals surface area (Å²) in [5.74, 6) is 0.764. The van der Waals surface area contributed by atoms with Gasteiger partial charge in [-0.1, -0.05) is 36.4 Å². The Morgan fingerprint density at radius 3 is 2.47 bits per heavy atom. The van der Waals surface area contributed by atoms with Crippen LogP contribution in [0, 0.1) is 0 Å². The smallest absolute Gasteiger partial charge is 0.253 e. The van der Waals surface area contributed by atoms with E-state index in [-0.39, 0.29) is 29.9 Å². The Kier molecular flexibility index (Phi) is 10.2. The summed E-state index contributed by atoms with van der Waals surface area (Å²) in [5.41, 5.74) is 4.14. The summed E-state index contributed by atoms with van der Waals surface area (Å²) < 4.78 is 2.05. The zero-order chi connectivity index (χ0) is 22.1. The molecule has 0 saturated carbocycles. The molecule has 2 N–H and O–H groups in total. The van der Waals surface area contributed by atoms with Crippen LogP contribution in [0.1, 0.15) is 34.0 Å². The molecule has 0 aliphatic rings. The average molecular weight is 546 g/mol. The normalized spacial score (nSPS) is 10.9. The Labute approximate surface area is 207 Å². The van der Waals surface area contributed by atoms with Gasteiger partial charge < -0.3 is 20.1 Å². The van der Waals surface area contributed by atoms with E-state index >= 15 is 0 Å². The topological polar surface area (TPSA) is 74.5 Å². The van der Waals surface area contributed by atoms with Crippen molar-refractivity contribution < 1.29 is 4.79 Å². The lowest BCUT2D eigenvalue weighted by Gasteiger charge is -2.13. The van der Waals surface area contributed by atoms with Gasteiger partial charge in [0.05, 0.1) is 12.9 Å². The molecule has 1 amide bonds. The van der Waals surface area contributed by atoms with Crippen molar-refractivity contribution in [3.63, 3.8) is 0 Å². The number of hydrogen-bond acceptors (Lipinski definition) is 3. The third kappa shape index (κ3) is 7.67. The molecule has 0 unspecified atom stereocenters. The van der Waals surface area contributed by atoms with Crippen LogP contribution in [0.4, 0.5) is 0 Å². The van der Waals surface area contributed by atoms with Crippen molar-refractivity contribution in [1.82, 2.24) is 25.1 Å². The molecule has 3 rings (SSSR count). The van der Waals surface area contributed by atoms with E-state index in [0.717, 1.165) is 30.2 Å². The lowest BCUT2D eigenvalue weighted by molar-refractivity contribution is 0.0827. The molecular weight excluding hydrogens is 515 g/mol. The van der Waals surface area contributed by atoms with E-state index in [9.17, 15) is 4.79 Å². The minimum Gasteiger partial charge on any atom is -0.357 e. The molecular formula is C24H31IN6O. The molecule has 1 aromatic heterocycles. The van der Waals surface area contributed by atoms with Crippen LogP contribution in [0.2, 0.25) is 0 Å². The van der Waals surface area contributed by atoms with E-state index in [0.29, 0.717) is 18.7 Å². The molecule has 2 aromatic carbocycles. The fourth-order valence-electron chi connectivity index (χ4n) is 3.14. The van der Waals surface area contributed by atoms with Gasteiger partial charge in [0.1, 0.15) is 0 Å². The van der Waals surface area contributed by atoms with E-state index in [1.165, 1.54) is 5.56 Å². The highest BCUT2D eigenvalue weighted by Gasteiger charge is 2.07. The third-order valence-corrected chi connectivity index (χ3v) is 4.75. The fourth-order valence-corrected chi connectivity index (χ4v) is 3.14. The number of aromatic nitrogens is 2. The molecule has 170 valence electrons. The van der Waals surface area contributed by atoms with Gasteiger partial charge in [0, 0.05) is 51.7 Å². The summed E-state index contributed by atoms with van der Waals surface area (Å²) in [5, 5.41) is 6.65. The number of hydrogen-bond donors (Lipinski definition) is 2. The molecule has 0 saturated heterocycles. The van der Waals surface area contributed by atoms with Crippen LogP contribution >= 0.6 is 24.0 Å². The third-order valence-electron chi connectivity index (χ3n) is 4.75. The Hall–Kier alpha value is -2.88. The maximum absolute atomic E-state index is 12.0. The van der Waals surface area contributed by atoms with Crippen LogP contribution in [0.15, 0.2) is 72.2 Å². The van der Waals surface area contributed by atoms with Gasteiger partial charge in [-0.15, -0.1) is 24.0 Å². The van der Waals surface area contributed by atoms with Crippen molar-refractivity contribution in [3.8, 4) is 0 Å². The zero-order valence-corrected chi connectivity index (χ0v) is 21.1. The number of aliphatic imine (C=N–C) groups is 1. The molecule has 0 spiro atoms. The fraction of sp³-hybridized carbons (Fsp3) is 0.292. The predicted molar refractivity (Wildman–Crippen MR) is 139 cm³/mol. The quantitative estimate of drug-likeness (QED) is 0.258. The molecule has 1 heterocycles. The summed E-state index contributed by atoms with van der Waals surface area (Å²) in [7, 11) is 3.51. The first kappa shape index (κ1) is 25.4. The number of halogens is 1. The van der Waals surface area contributed by atoms with Gasteiger partial charge >= 0.3 is 0 Å². The second-order valence-electron chi connectivity index (χ2n) is 7.50. The molecule has 0 fully saturated rings. The Morgan fingerprint density at radius 2 is 1.81 bits per heavy atom. The summed E-state index contributed by atoms with van der Waals surface area (Å²) in [6.45, 7) is 4.84. The van der Waals surface area contributed by atoms with Crippen molar-refractivity contribution in [2.75, 3.05) is 20.6 Å². The first-order chi connectivity index (χ1) is 15.0. The molecule has 8 heteroatoms. The van der Waals surface area contributed by atoms with Crippen molar-refractivity contribution in [1.29, 1.82) is 0 Å². The van der Waals surface area contributed by atoms with Crippen LogP contribution in [0.3, 0.4) is 0 Å². The molecule has 3 aromatic rings. The van der Waals surface area contributed by atoms with Crippen molar-refractivity contribution in [2.24, 2.45) is 4.99 Å². The highest BCUT2D eigenvalue weighted by molar-refractivity contribution is 14.0. The number of carbonyl (C=O) groups is 1. The average Bonchev–Trinajstić information content (AvgIpc) is 3.29. The Bertz CT molecular complexity index is 1000. The molecule has 0 bridgehead atoms. The minimum atomic E-state index is 0. The Morgan fingerprint density at radius 1 is 1.06 bits per heavy atom. The van der Waals surface area contributed by atoms with Crippen LogP contribution < -0.4 is 10.6 Å². The first-order valence-electron chi connectivity index (χ1n) is 10.4. The number of guanidine groups is 1. The van der Waals surface area contributed by atoms with Crippen LogP contribution in [-0.4, -0.2) is 47.0 Å². The summed E-state index contributed by atoms with van der Waals surface area (Å²) in [6, 6.07) is 16.1. The van der Waals surface area contributed by atoms with Gasteiger partial charge in [-0.25, -0.2) is 9.98 Å². The van der Waals surface area contributed by atoms with Gasteiger partial charge in [-0.05, 0) is 35.7 Å². The van der Waals surface area contributed by atoms with E-state index in [1.807, 2.05) is 48.3 Å². The molecule has 32 heavy (non-hydrogen) atoms. The standard InChI is InChI=1S/C24H30N6O.HI/c1-4-26-24(27-15-19-8-10-22(11-9-19)23(31)29(2)3)28-16-20-6-5-7-21(14-20)17-30-13-12-25-18-30;/h5-14,18H,4,15-17H2,1-3H3,(H2,26,27,28);1H. The lowest BCUT2D eigenvalue weighted by Crippen LogP contribution is -2.36. The molecule has 7 nitrogen and oxygen atoms in total. The maximum Gasteiger partial charge on any atom is 0.253 e. The van der Waals surface area contributed by atoms with Gasteiger partial charge in [0.25, 0.3) is 5.91 Å². The molecule has 0 atom stereocenters. The minimum absolute atomic E-state index is 0. The van der Waals surface area contributed by atoms with E-state index in [4.69, 9.17) is 4.99 Å². The molecule has 0 aliphatic heterocycles. The number of nitrogens with one attached hydrogen (secondary N) is 2. The van der Waals surface area contributed by atoms with Crippen molar-refractivity contribution >= 4 is 35.8 Å². The van der Waals surface area contributed by atoms with E-state index in [2.05, 4.69) is 39.9 Å². The summed E-state index contributed by atoms with van der Waals surface area (Å²) in [4.78, 5) is 22.4. The number of amides is 1. The van der Waals surface area contributed by atoms with Crippen molar-refractivity contribution in [3.05, 3.63) is 89.5 Å². The first-order valence-corrected chi connectivity index (χ1v) is 10.4. The second kappa shape index (κ2) is 12.8. The van der Waals surface area contributed by atoms with Gasteiger partial charge in [-0.3, -0.25) is 4.79 Å². The van der Waals surface area contributed by atoms with Crippen LogP contribution in [0.25, 0.3) is 0 Å². The Balaban J connectivity index is 0.00000363. The molecule has 0 radical (unpaired) electrons. The monoisotopic (exact) mass is 546 g/mol. The second-order valence-corrected chi connectivity index (χ2v) is 7.50. The number of nitrogens with zero attached hydrogens (tertiary/aromatic N) is 4. The summed E-state index contributed by atoms with van der Waals surface area (Å²) in [6.07, 6.45) is 5.57. The van der Waals surface area contributed by atoms with Gasteiger partial charge in [0.15, 0.2) is 5.96 Å². The highest BCUT2D eigenvalue weighted by Crippen LogP contribution is 2.09. The maximum atomic E-state index is 12.0. The number of rotatable bonds is 8. The predicted octanol–water partition coefficient (Wildman–Crippen LogP) is 3.51. The summed E-state index contributed by atoms with van der Waals surface area (Å²) >= 11 is 0. The van der Waals surface area contributed by atoms with Crippen LogP contribution in [-0.2, 0) is 19.6 Å². The van der Waals surface area contributed by atoms with Crippen LogP contribution in [0.5, 0.6) is 0 Å². The van der Waals surface area contributed by atoms with Gasteiger partial charge in [0.2, 0.25) is 0 Å². The zero-order valence-electron chi connectivity index (χ0n) is 18.8. The number of carbonyl (C=O) groups excluding carboxylic acids is 1. The SMILES string of the molecule is CCNC(=NCc1cccc(Cn2ccnc2)c1)NCc1ccc(C(=O)N(C)C)cc1.I. The number of imidazole rings is 1. The highest BCUT2D eigenvalue weighted by atomic mass is 127. The number of benzene rings is 2. The van der Waals surface area contributed by atoms with E-state index in [1.54, 1.807) is 25.2 Å². The lowest BCUT2D eigenvalue weighted by atomic mass is 10.1. The van der Waals surface area contributed by atoms with Crippen molar-refractivity contribution in [2.45, 2.75) is 26.6 Å². The largest absolute Gasteiger partial charge is 0.357 e. The molecule has 0 aliphatic carbocycles.